The molecule has 1 heterocycles. The summed E-state index contributed by atoms with van der Waals surface area (Å²) in [5.41, 5.74) is 5.99. The molecular formula is C19H28Cl2N2O. The van der Waals surface area contributed by atoms with Gasteiger partial charge in [0.05, 0.1) is 10.0 Å². The first-order valence-corrected chi connectivity index (χ1v) is 9.95. The number of benzene rings is 1. The van der Waals surface area contributed by atoms with E-state index in [0.29, 0.717) is 16.1 Å². The SMILES string of the molecule is N[C@H]1CC[C@H](CCN2CCC(Oc3ccc(Cl)c(Cl)c3)CC2)CC1. The van der Waals surface area contributed by atoms with Gasteiger partial charge >= 0.3 is 0 Å². The molecule has 0 aromatic heterocycles. The number of ether oxygens (including phenoxy) is 1. The van der Waals surface area contributed by atoms with Crippen molar-refractivity contribution in [2.24, 2.45) is 11.7 Å². The van der Waals surface area contributed by atoms with Crippen LogP contribution in [-0.2, 0) is 0 Å². The molecule has 2 aliphatic rings. The Hall–Kier alpha value is -0.480. The molecule has 3 rings (SSSR count). The minimum absolute atomic E-state index is 0.283. The number of rotatable bonds is 5. The largest absolute Gasteiger partial charge is 0.490 e. The molecule has 0 bridgehead atoms. The van der Waals surface area contributed by atoms with Crippen molar-refractivity contribution in [3.63, 3.8) is 0 Å². The van der Waals surface area contributed by atoms with Crippen molar-refractivity contribution < 1.29 is 4.74 Å². The summed E-state index contributed by atoms with van der Waals surface area (Å²) < 4.78 is 6.06. The van der Waals surface area contributed by atoms with E-state index in [0.717, 1.165) is 37.6 Å². The van der Waals surface area contributed by atoms with Crippen molar-refractivity contribution >= 4 is 23.2 Å². The molecule has 2 fully saturated rings. The molecule has 0 amide bonds. The van der Waals surface area contributed by atoms with Crippen molar-refractivity contribution in [3.05, 3.63) is 28.2 Å². The fourth-order valence-corrected chi connectivity index (χ4v) is 4.12. The molecule has 24 heavy (non-hydrogen) atoms. The summed E-state index contributed by atoms with van der Waals surface area (Å²) in [5, 5.41) is 1.13. The molecule has 0 radical (unpaired) electrons. The fourth-order valence-electron chi connectivity index (χ4n) is 3.84. The van der Waals surface area contributed by atoms with Crippen LogP contribution in [0, 0.1) is 5.92 Å². The zero-order chi connectivity index (χ0) is 16.9. The highest BCUT2D eigenvalue weighted by Crippen LogP contribution is 2.29. The number of halogens is 2. The lowest BCUT2D eigenvalue weighted by Gasteiger charge is -2.34. The summed E-state index contributed by atoms with van der Waals surface area (Å²) >= 11 is 12.0. The van der Waals surface area contributed by atoms with E-state index in [1.807, 2.05) is 12.1 Å². The summed E-state index contributed by atoms with van der Waals surface area (Å²) in [6.07, 6.45) is 8.83. The minimum atomic E-state index is 0.283. The van der Waals surface area contributed by atoms with Crippen molar-refractivity contribution in [1.82, 2.24) is 4.90 Å². The molecule has 1 saturated heterocycles. The van der Waals surface area contributed by atoms with Crippen LogP contribution in [0.2, 0.25) is 10.0 Å². The lowest BCUT2D eigenvalue weighted by atomic mass is 9.84. The monoisotopic (exact) mass is 370 g/mol. The molecule has 1 aliphatic heterocycles. The molecule has 0 atom stereocenters. The first kappa shape index (κ1) is 18.3. The molecule has 0 unspecified atom stereocenters. The first-order valence-electron chi connectivity index (χ1n) is 9.20. The van der Waals surface area contributed by atoms with E-state index in [2.05, 4.69) is 4.90 Å². The second kappa shape index (κ2) is 8.75. The molecule has 1 saturated carbocycles. The fraction of sp³-hybridized carbons (Fsp3) is 0.684. The van der Waals surface area contributed by atoms with Gasteiger partial charge in [0.2, 0.25) is 0 Å². The highest BCUT2D eigenvalue weighted by Gasteiger charge is 2.23. The van der Waals surface area contributed by atoms with E-state index < -0.39 is 0 Å². The van der Waals surface area contributed by atoms with Crippen LogP contribution in [0.5, 0.6) is 5.75 Å². The quantitative estimate of drug-likeness (QED) is 0.812. The van der Waals surface area contributed by atoms with E-state index in [1.165, 1.54) is 38.6 Å². The Kier molecular flexibility index (Phi) is 6.68. The molecule has 3 nitrogen and oxygen atoms in total. The van der Waals surface area contributed by atoms with Crippen LogP contribution in [0.4, 0.5) is 0 Å². The van der Waals surface area contributed by atoms with Gasteiger partial charge in [0, 0.05) is 25.2 Å². The number of hydrogen-bond acceptors (Lipinski definition) is 3. The molecule has 1 aliphatic carbocycles. The second-order valence-corrected chi connectivity index (χ2v) is 8.12. The van der Waals surface area contributed by atoms with E-state index in [4.69, 9.17) is 33.7 Å². The van der Waals surface area contributed by atoms with Crippen molar-refractivity contribution in [3.8, 4) is 5.75 Å². The smallest absolute Gasteiger partial charge is 0.121 e. The van der Waals surface area contributed by atoms with Crippen molar-refractivity contribution in [1.29, 1.82) is 0 Å². The first-order chi connectivity index (χ1) is 11.6. The third kappa shape index (κ3) is 5.26. The standard InChI is InChI=1S/C19H28Cl2N2O/c20-18-6-5-17(13-19(18)21)24-16-8-11-23(12-9-16)10-7-14-1-3-15(22)4-2-14/h5-6,13-16H,1-4,7-12,22H2/t14-,15-. The number of nitrogens with two attached hydrogens (primary N) is 1. The van der Waals surface area contributed by atoms with Gasteiger partial charge in [-0.3, -0.25) is 0 Å². The Morgan fingerprint density at radius 1 is 1.00 bits per heavy atom. The van der Waals surface area contributed by atoms with E-state index in [9.17, 15) is 0 Å². The number of hydrogen-bond donors (Lipinski definition) is 1. The van der Waals surface area contributed by atoms with E-state index >= 15 is 0 Å². The van der Waals surface area contributed by atoms with Crippen molar-refractivity contribution in [2.45, 2.75) is 57.1 Å². The molecule has 134 valence electrons. The number of piperidine rings is 1. The van der Waals surface area contributed by atoms with Gasteiger partial charge in [-0.25, -0.2) is 0 Å². The minimum Gasteiger partial charge on any atom is -0.490 e. The van der Waals surface area contributed by atoms with Crippen LogP contribution in [0.3, 0.4) is 0 Å². The molecular weight excluding hydrogens is 343 g/mol. The average molecular weight is 371 g/mol. The van der Waals surface area contributed by atoms with Crippen LogP contribution >= 0.6 is 23.2 Å². The summed E-state index contributed by atoms with van der Waals surface area (Å²) in [7, 11) is 0. The lowest BCUT2D eigenvalue weighted by Crippen LogP contribution is -2.39. The van der Waals surface area contributed by atoms with Gasteiger partial charge in [-0.05, 0) is 69.5 Å². The summed E-state index contributed by atoms with van der Waals surface area (Å²) in [6, 6.07) is 5.96. The van der Waals surface area contributed by atoms with Gasteiger partial charge in [0.25, 0.3) is 0 Å². The van der Waals surface area contributed by atoms with E-state index in [-0.39, 0.29) is 6.10 Å². The van der Waals surface area contributed by atoms with Crippen LogP contribution < -0.4 is 10.5 Å². The molecule has 0 spiro atoms. The Morgan fingerprint density at radius 3 is 2.38 bits per heavy atom. The molecule has 1 aromatic carbocycles. The maximum absolute atomic E-state index is 6.06. The maximum Gasteiger partial charge on any atom is 0.121 e. The molecule has 1 aromatic rings. The maximum atomic E-state index is 6.06. The lowest BCUT2D eigenvalue weighted by molar-refractivity contribution is 0.0953. The summed E-state index contributed by atoms with van der Waals surface area (Å²) in [5.74, 6) is 1.70. The summed E-state index contributed by atoms with van der Waals surface area (Å²) in [4.78, 5) is 2.59. The number of likely N-dealkylation sites (tertiary alicyclic amines) is 1. The molecule has 2 N–H and O–H groups in total. The van der Waals surface area contributed by atoms with Crippen LogP contribution in [0.25, 0.3) is 0 Å². The zero-order valence-electron chi connectivity index (χ0n) is 14.2. The Balaban J connectivity index is 1.37. The van der Waals surface area contributed by atoms with Crippen LogP contribution in [-0.4, -0.2) is 36.7 Å². The Morgan fingerprint density at radius 2 is 1.71 bits per heavy atom. The Labute approximate surface area is 155 Å². The van der Waals surface area contributed by atoms with Crippen LogP contribution in [0.15, 0.2) is 18.2 Å². The zero-order valence-corrected chi connectivity index (χ0v) is 15.7. The average Bonchev–Trinajstić information content (AvgIpc) is 2.59. The van der Waals surface area contributed by atoms with Gasteiger partial charge in [-0.15, -0.1) is 0 Å². The molecule has 5 heteroatoms. The highest BCUT2D eigenvalue weighted by molar-refractivity contribution is 6.42. The Bertz CT molecular complexity index is 524. The van der Waals surface area contributed by atoms with Gasteiger partial charge < -0.3 is 15.4 Å². The third-order valence-corrected chi connectivity index (χ3v) is 6.21. The van der Waals surface area contributed by atoms with Crippen LogP contribution in [0.1, 0.15) is 44.9 Å². The van der Waals surface area contributed by atoms with Crippen molar-refractivity contribution in [2.75, 3.05) is 19.6 Å². The predicted octanol–water partition coefficient (Wildman–Crippen LogP) is 4.74. The summed E-state index contributed by atoms with van der Waals surface area (Å²) in [6.45, 7) is 3.47. The van der Waals surface area contributed by atoms with Gasteiger partial charge in [0.1, 0.15) is 11.9 Å². The van der Waals surface area contributed by atoms with Gasteiger partial charge in [-0.1, -0.05) is 23.2 Å². The van der Waals surface area contributed by atoms with Gasteiger partial charge in [-0.2, -0.15) is 0 Å². The predicted molar refractivity (Wildman–Crippen MR) is 101 cm³/mol. The third-order valence-electron chi connectivity index (χ3n) is 5.47. The number of nitrogens with zero attached hydrogens (tertiary/aromatic N) is 1. The normalized spacial score (nSPS) is 26.5. The topological polar surface area (TPSA) is 38.5 Å². The van der Waals surface area contributed by atoms with Gasteiger partial charge in [0.15, 0.2) is 0 Å². The highest BCUT2D eigenvalue weighted by atomic mass is 35.5. The second-order valence-electron chi connectivity index (χ2n) is 7.30. The van der Waals surface area contributed by atoms with E-state index in [1.54, 1.807) is 6.07 Å².